The van der Waals surface area contributed by atoms with Crippen LogP contribution in [0, 0.1) is 0 Å². The number of fused-ring (bicyclic) bond motifs is 1. The van der Waals surface area contributed by atoms with Crippen LogP contribution in [0.1, 0.15) is 11.7 Å². The van der Waals surface area contributed by atoms with Crippen molar-refractivity contribution in [3.63, 3.8) is 0 Å². The lowest BCUT2D eigenvalue weighted by molar-refractivity contribution is -0.131. The highest BCUT2D eigenvalue weighted by Gasteiger charge is 2.25. The summed E-state index contributed by atoms with van der Waals surface area (Å²) >= 11 is 0. The van der Waals surface area contributed by atoms with Crippen LogP contribution in [0.25, 0.3) is 10.9 Å². The number of carbonyl (C=O) groups is 1. The number of hydrogen-bond donors (Lipinski definition) is 4. The largest absolute Gasteiger partial charge is 0.385 e. The molecule has 0 aliphatic carbocycles. The van der Waals surface area contributed by atoms with Gasteiger partial charge in [-0.1, -0.05) is 12.1 Å². The van der Waals surface area contributed by atoms with Crippen LogP contribution in [0.5, 0.6) is 0 Å². The van der Waals surface area contributed by atoms with E-state index in [0.717, 1.165) is 0 Å². The van der Waals surface area contributed by atoms with Gasteiger partial charge in [-0.15, -0.1) is 0 Å². The zero-order valence-corrected chi connectivity index (χ0v) is 8.29. The molecule has 2 unspecified atom stereocenters. The van der Waals surface area contributed by atoms with Crippen LogP contribution < -0.4 is 5.73 Å². The van der Waals surface area contributed by atoms with Crippen LogP contribution in [-0.2, 0) is 4.79 Å². The van der Waals surface area contributed by atoms with Crippen molar-refractivity contribution >= 4 is 16.8 Å². The molecule has 84 valence electrons. The van der Waals surface area contributed by atoms with Gasteiger partial charge in [0.15, 0.2) is 6.10 Å². The van der Waals surface area contributed by atoms with Gasteiger partial charge in [0.05, 0.1) is 11.7 Å². The molecule has 2 rings (SSSR count). The number of primary amides is 1. The molecular formula is C10H11N3O3. The van der Waals surface area contributed by atoms with Crippen molar-refractivity contribution in [2.45, 2.75) is 12.2 Å². The summed E-state index contributed by atoms with van der Waals surface area (Å²) in [5, 5.41) is 26.4. The third-order valence-electron chi connectivity index (χ3n) is 2.43. The van der Waals surface area contributed by atoms with Gasteiger partial charge in [0.25, 0.3) is 0 Å². The Kier molecular flexibility index (Phi) is 2.59. The second-order valence-electron chi connectivity index (χ2n) is 3.47. The molecule has 1 heterocycles. The summed E-state index contributed by atoms with van der Waals surface area (Å²) < 4.78 is 0. The Labute approximate surface area is 90.7 Å². The van der Waals surface area contributed by atoms with Gasteiger partial charge >= 0.3 is 0 Å². The molecule has 0 saturated heterocycles. The van der Waals surface area contributed by atoms with Gasteiger partial charge in [-0.3, -0.25) is 9.89 Å². The molecule has 0 saturated carbocycles. The standard InChI is InChI=1S/C10H11N3O3/c11-10(16)9(15)8(14)5-2-1-3-7-6(5)4-12-13-7/h1-4,8-9,14-15H,(H2,11,16)(H,12,13). The van der Waals surface area contributed by atoms with E-state index in [0.29, 0.717) is 16.5 Å². The first kappa shape index (κ1) is 10.6. The van der Waals surface area contributed by atoms with E-state index < -0.39 is 18.1 Å². The van der Waals surface area contributed by atoms with E-state index in [9.17, 15) is 15.0 Å². The van der Waals surface area contributed by atoms with Gasteiger partial charge < -0.3 is 15.9 Å². The molecular weight excluding hydrogens is 210 g/mol. The summed E-state index contributed by atoms with van der Waals surface area (Å²) in [5.41, 5.74) is 6.05. The number of aromatic nitrogens is 2. The van der Waals surface area contributed by atoms with Crippen LogP contribution in [0.15, 0.2) is 24.4 Å². The van der Waals surface area contributed by atoms with Crippen molar-refractivity contribution < 1.29 is 15.0 Å². The molecule has 0 fully saturated rings. The van der Waals surface area contributed by atoms with E-state index in [-0.39, 0.29) is 0 Å². The number of hydrogen-bond acceptors (Lipinski definition) is 4. The monoisotopic (exact) mass is 221 g/mol. The maximum atomic E-state index is 10.8. The van der Waals surface area contributed by atoms with Gasteiger partial charge in [0.2, 0.25) is 5.91 Å². The maximum Gasteiger partial charge on any atom is 0.249 e. The van der Waals surface area contributed by atoms with Crippen LogP contribution in [-0.4, -0.2) is 32.4 Å². The molecule has 1 aromatic carbocycles. The molecule has 0 spiro atoms. The Morgan fingerprint density at radius 3 is 2.88 bits per heavy atom. The molecule has 1 amide bonds. The van der Waals surface area contributed by atoms with Crippen LogP contribution in [0.2, 0.25) is 0 Å². The summed E-state index contributed by atoms with van der Waals surface area (Å²) in [6.07, 6.45) is -1.46. The fourth-order valence-electron chi connectivity index (χ4n) is 1.57. The minimum Gasteiger partial charge on any atom is -0.385 e. The van der Waals surface area contributed by atoms with E-state index in [1.54, 1.807) is 18.2 Å². The second-order valence-corrected chi connectivity index (χ2v) is 3.47. The molecule has 0 aliphatic rings. The van der Waals surface area contributed by atoms with E-state index in [1.807, 2.05) is 0 Å². The molecule has 5 N–H and O–H groups in total. The Bertz CT molecular complexity index is 523. The molecule has 0 aliphatic heterocycles. The summed E-state index contributed by atoms with van der Waals surface area (Å²) in [7, 11) is 0. The van der Waals surface area contributed by atoms with Gasteiger partial charge in [-0.05, 0) is 11.6 Å². The third kappa shape index (κ3) is 1.64. The summed E-state index contributed by atoms with van der Waals surface area (Å²) in [6.45, 7) is 0. The first-order chi connectivity index (χ1) is 7.61. The highest BCUT2D eigenvalue weighted by atomic mass is 16.3. The average Bonchev–Trinajstić information content (AvgIpc) is 2.74. The number of nitrogens with two attached hydrogens (primary N) is 1. The highest BCUT2D eigenvalue weighted by Crippen LogP contribution is 2.24. The van der Waals surface area contributed by atoms with E-state index in [1.165, 1.54) is 6.20 Å². The summed E-state index contributed by atoms with van der Waals surface area (Å²) in [5.74, 6) is -0.965. The average molecular weight is 221 g/mol. The van der Waals surface area contributed by atoms with Crippen molar-refractivity contribution in [3.8, 4) is 0 Å². The lowest BCUT2D eigenvalue weighted by Crippen LogP contribution is -2.33. The molecule has 2 atom stereocenters. The third-order valence-corrected chi connectivity index (χ3v) is 2.43. The predicted molar refractivity (Wildman–Crippen MR) is 56.3 cm³/mol. The quantitative estimate of drug-likeness (QED) is 0.556. The van der Waals surface area contributed by atoms with Crippen molar-refractivity contribution in [1.82, 2.24) is 10.2 Å². The fourth-order valence-corrected chi connectivity index (χ4v) is 1.57. The van der Waals surface area contributed by atoms with Gasteiger partial charge in [0.1, 0.15) is 6.10 Å². The van der Waals surface area contributed by atoms with Gasteiger partial charge in [-0.2, -0.15) is 5.10 Å². The number of nitrogens with one attached hydrogen (secondary N) is 1. The topological polar surface area (TPSA) is 112 Å². The lowest BCUT2D eigenvalue weighted by Gasteiger charge is -2.15. The van der Waals surface area contributed by atoms with Crippen molar-refractivity contribution in [3.05, 3.63) is 30.0 Å². The Balaban J connectivity index is 2.46. The smallest absolute Gasteiger partial charge is 0.249 e. The maximum absolute atomic E-state index is 10.8. The number of carbonyl (C=O) groups excluding carboxylic acids is 1. The number of H-pyrrole nitrogens is 1. The highest BCUT2D eigenvalue weighted by molar-refractivity contribution is 5.84. The number of amides is 1. The number of aromatic amines is 1. The SMILES string of the molecule is NC(=O)C(O)C(O)c1cccc2[nH]ncc12. The number of nitrogens with zero attached hydrogens (tertiary/aromatic N) is 1. The molecule has 0 radical (unpaired) electrons. The van der Waals surface area contributed by atoms with Crippen LogP contribution in [0.4, 0.5) is 0 Å². The van der Waals surface area contributed by atoms with Crippen molar-refractivity contribution in [2.75, 3.05) is 0 Å². The second kappa shape index (κ2) is 3.92. The molecule has 1 aromatic heterocycles. The fraction of sp³-hybridized carbons (Fsp3) is 0.200. The Morgan fingerprint density at radius 2 is 2.19 bits per heavy atom. The number of benzene rings is 1. The predicted octanol–water partition coefficient (Wildman–Crippen LogP) is -0.558. The first-order valence-corrected chi connectivity index (χ1v) is 4.68. The minimum atomic E-state index is -1.62. The van der Waals surface area contributed by atoms with Crippen molar-refractivity contribution in [2.24, 2.45) is 5.73 Å². The molecule has 6 heteroatoms. The number of aliphatic hydroxyl groups excluding tert-OH is 2. The number of aliphatic hydroxyl groups is 2. The first-order valence-electron chi connectivity index (χ1n) is 4.68. The molecule has 2 aromatic rings. The Morgan fingerprint density at radius 1 is 1.44 bits per heavy atom. The molecule has 6 nitrogen and oxygen atoms in total. The summed E-state index contributed by atoms with van der Waals surface area (Å²) in [4.78, 5) is 10.8. The van der Waals surface area contributed by atoms with E-state index >= 15 is 0 Å². The van der Waals surface area contributed by atoms with Crippen LogP contribution in [0.3, 0.4) is 0 Å². The number of rotatable bonds is 3. The van der Waals surface area contributed by atoms with E-state index in [4.69, 9.17) is 5.73 Å². The van der Waals surface area contributed by atoms with Crippen LogP contribution >= 0.6 is 0 Å². The zero-order chi connectivity index (χ0) is 11.7. The lowest BCUT2D eigenvalue weighted by atomic mass is 10.0. The normalized spacial score (nSPS) is 14.9. The van der Waals surface area contributed by atoms with E-state index in [2.05, 4.69) is 10.2 Å². The van der Waals surface area contributed by atoms with Gasteiger partial charge in [-0.25, -0.2) is 0 Å². The molecule has 0 bridgehead atoms. The Hall–Kier alpha value is -1.92. The van der Waals surface area contributed by atoms with Crippen molar-refractivity contribution in [1.29, 1.82) is 0 Å². The minimum absolute atomic E-state index is 0.414. The zero-order valence-electron chi connectivity index (χ0n) is 8.29. The van der Waals surface area contributed by atoms with Gasteiger partial charge in [0, 0.05) is 5.39 Å². The molecule has 16 heavy (non-hydrogen) atoms. The summed E-state index contributed by atoms with van der Waals surface area (Å²) in [6, 6.07) is 5.07.